The maximum atomic E-state index is 13.9. The third-order valence-electron chi connectivity index (χ3n) is 2.66. The summed E-state index contributed by atoms with van der Waals surface area (Å²) < 4.78 is 18.8. The van der Waals surface area contributed by atoms with Gasteiger partial charge in [0, 0.05) is 0 Å². The van der Waals surface area contributed by atoms with Crippen LogP contribution < -0.4 is 0 Å². The first-order valence-corrected chi connectivity index (χ1v) is 5.93. The monoisotopic (exact) mass is 248 g/mol. The van der Waals surface area contributed by atoms with Crippen LogP contribution in [0.25, 0.3) is 11.8 Å². The van der Waals surface area contributed by atoms with Crippen LogP contribution in [0.1, 0.15) is 37.0 Å². The smallest absolute Gasteiger partial charge is 0.214 e. The Morgan fingerprint density at radius 3 is 2.72 bits per heavy atom. The fourth-order valence-corrected chi connectivity index (χ4v) is 1.91. The normalized spacial score (nSPS) is 10.4. The van der Waals surface area contributed by atoms with Crippen molar-refractivity contribution >= 4 is 17.8 Å². The largest absolute Gasteiger partial charge is 0.486 e. The molecule has 0 aliphatic carbocycles. The zero-order valence-electron chi connectivity index (χ0n) is 10.9. The van der Waals surface area contributed by atoms with Gasteiger partial charge >= 0.3 is 0 Å². The predicted octanol–water partition coefficient (Wildman–Crippen LogP) is 3.63. The molecule has 0 heterocycles. The number of aryl methyl sites for hydroxylation is 1. The van der Waals surface area contributed by atoms with Gasteiger partial charge in [0.15, 0.2) is 5.94 Å². The maximum absolute atomic E-state index is 13.9. The molecule has 0 saturated heterocycles. The molecule has 1 aromatic carbocycles. The first kappa shape index (κ1) is 14.2. The van der Waals surface area contributed by atoms with E-state index in [9.17, 15) is 9.18 Å². The molecule has 18 heavy (non-hydrogen) atoms. The Morgan fingerprint density at radius 2 is 2.22 bits per heavy atom. The van der Waals surface area contributed by atoms with Crippen molar-refractivity contribution in [3.8, 4) is 0 Å². The minimum absolute atomic E-state index is 0.0986. The highest BCUT2D eigenvalue weighted by Crippen LogP contribution is 2.27. The van der Waals surface area contributed by atoms with Gasteiger partial charge in [0.05, 0.1) is 12.7 Å². The Bertz CT molecular complexity index is 497. The molecule has 0 aromatic heterocycles. The average molecular weight is 248 g/mol. The lowest BCUT2D eigenvalue weighted by Gasteiger charge is -2.12. The lowest BCUT2D eigenvalue weighted by molar-refractivity contribution is 0.368. The summed E-state index contributed by atoms with van der Waals surface area (Å²) in [5, 5.41) is 0. The van der Waals surface area contributed by atoms with Crippen molar-refractivity contribution in [3.05, 3.63) is 40.7 Å². The molecule has 0 amide bonds. The van der Waals surface area contributed by atoms with Crippen LogP contribution >= 0.6 is 0 Å². The predicted molar refractivity (Wildman–Crippen MR) is 71.2 cm³/mol. The van der Waals surface area contributed by atoms with E-state index in [-0.39, 0.29) is 11.3 Å². The van der Waals surface area contributed by atoms with E-state index in [0.29, 0.717) is 5.56 Å². The SMILES string of the molecule is C/C=C\c1c(CCC)ccc(F)c1C(=C=O)OC. The molecule has 0 spiro atoms. The Balaban J connectivity index is 3.55. The molecule has 0 radical (unpaired) electrons. The van der Waals surface area contributed by atoms with Gasteiger partial charge in [-0.2, -0.15) is 0 Å². The summed E-state index contributed by atoms with van der Waals surface area (Å²) in [7, 11) is 1.34. The van der Waals surface area contributed by atoms with E-state index in [2.05, 4.69) is 6.92 Å². The fourth-order valence-electron chi connectivity index (χ4n) is 1.91. The van der Waals surface area contributed by atoms with E-state index >= 15 is 0 Å². The molecule has 3 heteroatoms. The Morgan fingerprint density at radius 1 is 1.50 bits per heavy atom. The molecule has 0 atom stereocenters. The molecule has 0 saturated carbocycles. The lowest BCUT2D eigenvalue weighted by atomic mass is 9.96. The quantitative estimate of drug-likeness (QED) is 0.587. The molecule has 96 valence electrons. The van der Waals surface area contributed by atoms with Crippen LogP contribution in [0.2, 0.25) is 0 Å². The molecule has 1 rings (SSSR count). The van der Waals surface area contributed by atoms with Gasteiger partial charge in [-0.05, 0) is 30.5 Å². The summed E-state index contributed by atoms with van der Waals surface area (Å²) in [5.41, 5.74) is 1.88. The number of benzene rings is 1. The summed E-state index contributed by atoms with van der Waals surface area (Å²) in [6, 6.07) is 3.11. The van der Waals surface area contributed by atoms with Crippen molar-refractivity contribution in [2.45, 2.75) is 26.7 Å². The van der Waals surface area contributed by atoms with Crippen LogP contribution in [0.15, 0.2) is 18.2 Å². The zero-order valence-corrected chi connectivity index (χ0v) is 10.9. The van der Waals surface area contributed by atoms with Crippen LogP contribution in [-0.2, 0) is 16.0 Å². The number of methoxy groups -OCH3 is 1. The van der Waals surface area contributed by atoms with Gasteiger partial charge in [-0.15, -0.1) is 0 Å². The van der Waals surface area contributed by atoms with Crippen molar-refractivity contribution in [1.82, 2.24) is 0 Å². The summed E-state index contributed by atoms with van der Waals surface area (Å²) in [6.07, 6.45) is 5.38. The number of ether oxygens (including phenoxy) is 1. The average Bonchev–Trinajstić information content (AvgIpc) is 2.37. The molecule has 0 unspecified atom stereocenters. The molecular weight excluding hydrogens is 231 g/mol. The van der Waals surface area contributed by atoms with Gasteiger partial charge in [0.2, 0.25) is 5.76 Å². The van der Waals surface area contributed by atoms with Gasteiger partial charge in [-0.1, -0.05) is 31.6 Å². The van der Waals surface area contributed by atoms with Crippen LogP contribution in [0.4, 0.5) is 4.39 Å². The van der Waals surface area contributed by atoms with Crippen molar-refractivity contribution in [2.75, 3.05) is 7.11 Å². The van der Waals surface area contributed by atoms with E-state index in [4.69, 9.17) is 4.74 Å². The van der Waals surface area contributed by atoms with Gasteiger partial charge in [-0.3, -0.25) is 0 Å². The van der Waals surface area contributed by atoms with Gasteiger partial charge < -0.3 is 4.74 Å². The summed E-state index contributed by atoms with van der Waals surface area (Å²) in [4.78, 5) is 10.8. The minimum atomic E-state index is -0.469. The van der Waals surface area contributed by atoms with Crippen molar-refractivity contribution < 1.29 is 13.9 Å². The number of hydrogen-bond donors (Lipinski definition) is 0. The Hall–Kier alpha value is -1.86. The topological polar surface area (TPSA) is 26.3 Å². The van der Waals surface area contributed by atoms with Crippen molar-refractivity contribution in [2.24, 2.45) is 0 Å². The number of allylic oxidation sites excluding steroid dienone is 1. The third kappa shape index (κ3) is 2.88. The molecule has 1 aromatic rings. The van der Waals surface area contributed by atoms with E-state index in [1.165, 1.54) is 13.2 Å². The number of carbonyl (C=O) groups excluding carboxylic acids is 1. The first-order valence-electron chi connectivity index (χ1n) is 5.93. The van der Waals surface area contributed by atoms with Crippen LogP contribution in [0, 0.1) is 5.82 Å². The summed E-state index contributed by atoms with van der Waals surface area (Å²) in [5.74, 6) is 1.08. The van der Waals surface area contributed by atoms with E-state index in [1.807, 2.05) is 13.0 Å². The minimum Gasteiger partial charge on any atom is -0.486 e. The highest BCUT2D eigenvalue weighted by atomic mass is 19.1. The standard InChI is InChI=1S/C15H17FO2/c1-4-6-11-8-9-13(16)15(12(11)7-5-2)14(10-17)18-3/h5,7-9H,4,6H2,1-3H3/b7-5-. The van der Waals surface area contributed by atoms with Gasteiger partial charge in [0.25, 0.3) is 0 Å². The first-order chi connectivity index (χ1) is 8.69. The number of halogens is 1. The second-order valence-electron chi connectivity index (χ2n) is 3.88. The third-order valence-corrected chi connectivity index (χ3v) is 2.66. The zero-order chi connectivity index (χ0) is 13.5. The molecular formula is C15H17FO2. The van der Waals surface area contributed by atoms with Crippen molar-refractivity contribution in [1.29, 1.82) is 0 Å². The van der Waals surface area contributed by atoms with Crippen molar-refractivity contribution in [3.63, 3.8) is 0 Å². The van der Waals surface area contributed by atoms with E-state index in [1.54, 1.807) is 18.1 Å². The molecule has 2 nitrogen and oxygen atoms in total. The summed E-state index contributed by atoms with van der Waals surface area (Å²) in [6.45, 7) is 3.90. The molecule has 0 aliphatic heterocycles. The second-order valence-corrected chi connectivity index (χ2v) is 3.88. The molecule has 0 bridgehead atoms. The number of hydrogen-bond acceptors (Lipinski definition) is 2. The van der Waals surface area contributed by atoms with Crippen LogP contribution in [0.3, 0.4) is 0 Å². The lowest BCUT2D eigenvalue weighted by Crippen LogP contribution is -2.01. The molecule has 0 N–H and O–H groups in total. The fraction of sp³-hybridized carbons (Fsp3) is 0.333. The molecule has 0 fully saturated rings. The highest BCUT2D eigenvalue weighted by Gasteiger charge is 2.16. The molecule has 0 aliphatic rings. The van der Waals surface area contributed by atoms with Crippen LogP contribution in [-0.4, -0.2) is 13.1 Å². The van der Waals surface area contributed by atoms with Gasteiger partial charge in [-0.25, -0.2) is 9.18 Å². The second kappa shape index (κ2) is 6.77. The van der Waals surface area contributed by atoms with Gasteiger partial charge in [0.1, 0.15) is 5.82 Å². The highest BCUT2D eigenvalue weighted by molar-refractivity contribution is 5.87. The van der Waals surface area contributed by atoms with Crippen LogP contribution in [0.5, 0.6) is 0 Å². The Labute approximate surface area is 107 Å². The summed E-state index contributed by atoms with van der Waals surface area (Å²) >= 11 is 0. The van der Waals surface area contributed by atoms with E-state index < -0.39 is 5.82 Å². The Kier molecular flexibility index (Phi) is 5.34. The maximum Gasteiger partial charge on any atom is 0.214 e. The van der Waals surface area contributed by atoms with E-state index in [0.717, 1.165) is 18.4 Å². The number of rotatable bonds is 5.